The molecule has 0 saturated heterocycles. The van der Waals surface area contributed by atoms with E-state index in [-0.39, 0.29) is 5.56 Å². The van der Waals surface area contributed by atoms with Crippen molar-refractivity contribution in [3.63, 3.8) is 0 Å². The predicted octanol–water partition coefficient (Wildman–Crippen LogP) is -0.690. The molecule has 0 saturated carbocycles. The van der Waals surface area contributed by atoms with Gasteiger partial charge in [-0.3, -0.25) is 19.7 Å². The summed E-state index contributed by atoms with van der Waals surface area (Å²) in [7, 11) is 0. The second-order valence-corrected chi connectivity index (χ2v) is 3.58. The highest BCUT2D eigenvalue weighted by atomic mass is 19.1. The predicted molar refractivity (Wildman–Crippen MR) is 60.6 cm³/mol. The van der Waals surface area contributed by atoms with Crippen molar-refractivity contribution in [2.45, 2.75) is 6.10 Å². The van der Waals surface area contributed by atoms with Crippen molar-refractivity contribution in [2.75, 3.05) is 6.54 Å². The topological polar surface area (TPSA) is 136 Å². The molecular weight excluding hydrogens is 261 g/mol. The van der Waals surface area contributed by atoms with Gasteiger partial charge in [0, 0.05) is 11.6 Å². The van der Waals surface area contributed by atoms with Crippen molar-refractivity contribution in [1.29, 1.82) is 0 Å². The second-order valence-electron chi connectivity index (χ2n) is 3.58. The Morgan fingerprint density at radius 3 is 2.63 bits per heavy atom. The van der Waals surface area contributed by atoms with Crippen molar-refractivity contribution in [3.8, 4) is 0 Å². The molecule has 0 aliphatic rings. The number of nitrogens with one attached hydrogen (secondary N) is 1. The van der Waals surface area contributed by atoms with E-state index >= 15 is 0 Å². The molecule has 0 aliphatic heterocycles. The summed E-state index contributed by atoms with van der Waals surface area (Å²) in [6.45, 7) is -0.474. The number of hydrogen-bond acceptors (Lipinski definition) is 5. The third kappa shape index (κ3) is 4.00. The Labute approximate surface area is 106 Å². The molecule has 0 bridgehead atoms. The number of carbonyl (C=O) groups excluding carboxylic acids is 2. The third-order valence-corrected chi connectivity index (χ3v) is 2.14. The quantitative estimate of drug-likeness (QED) is 0.481. The summed E-state index contributed by atoms with van der Waals surface area (Å²) in [5, 5.41) is 21.6. The Hall–Kier alpha value is -2.55. The number of benzene rings is 1. The number of nitro benzene ring substituents is 1. The molecule has 8 nitrogen and oxygen atoms in total. The first kappa shape index (κ1) is 14.5. The van der Waals surface area contributed by atoms with Crippen LogP contribution in [0, 0.1) is 15.9 Å². The zero-order valence-electron chi connectivity index (χ0n) is 9.50. The molecule has 2 amide bonds. The fourth-order valence-electron chi connectivity index (χ4n) is 1.20. The molecular formula is C10H10FN3O5. The number of hydrogen-bond donors (Lipinski definition) is 3. The van der Waals surface area contributed by atoms with Crippen LogP contribution in [0.5, 0.6) is 0 Å². The molecule has 102 valence electrons. The first-order valence-electron chi connectivity index (χ1n) is 5.02. The highest BCUT2D eigenvalue weighted by Crippen LogP contribution is 2.16. The highest BCUT2D eigenvalue weighted by molar-refractivity contribution is 5.95. The van der Waals surface area contributed by atoms with Gasteiger partial charge in [0.1, 0.15) is 11.9 Å². The molecule has 1 aromatic carbocycles. The monoisotopic (exact) mass is 271 g/mol. The Kier molecular flexibility index (Phi) is 4.48. The van der Waals surface area contributed by atoms with E-state index < -0.39 is 40.9 Å². The SMILES string of the molecule is NC(=O)C(O)CNC(=O)c1cc(F)cc([N+](=O)[O-])c1. The van der Waals surface area contributed by atoms with Gasteiger partial charge in [-0.05, 0) is 6.07 Å². The summed E-state index contributed by atoms with van der Waals surface area (Å²) in [4.78, 5) is 31.7. The van der Waals surface area contributed by atoms with E-state index in [9.17, 15) is 24.1 Å². The molecule has 0 spiro atoms. The molecule has 0 fully saturated rings. The van der Waals surface area contributed by atoms with Gasteiger partial charge >= 0.3 is 0 Å². The lowest BCUT2D eigenvalue weighted by Crippen LogP contribution is -2.40. The summed E-state index contributed by atoms with van der Waals surface area (Å²) in [6.07, 6.45) is -1.59. The van der Waals surface area contributed by atoms with Crippen molar-refractivity contribution in [3.05, 3.63) is 39.7 Å². The molecule has 0 radical (unpaired) electrons. The summed E-state index contributed by atoms with van der Waals surface area (Å²) in [5.41, 5.74) is 3.87. The van der Waals surface area contributed by atoms with E-state index in [1.165, 1.54) is 0 Å². The molecule has 1 rings (SSSR count). The average Bonchev–Trinajstić information content (AvgIpc) is 2.34. The molecule has 0 aliphatic carbocycles. The number of primary amides is 1. The van der Waals surface area contributed by atoms with E-state index in [1.54, 1.807) is 0 Å². The van der Waals surface area contributed by atoms with Gasteiger partial charge in [-0.15, -0.1) is 0 Å². The van der Waals surface area contributed by atoms with Gasteiger partial charge < -0.3 is 16.2 Å². The standard InChI is InChI=1S/C10H10FN3O5/c11-6-1-5(2-7(3-6)14(18)19)10(17)13-4-8(15)9(12)16/h1-3,8,15H,4H2,(H2,12,16)(H,13,17). The van der Waals surface area contributed by atoms with E-state index in [0.29, 0.717) is 6.07 Å². The van der Waals surface area contributed by atoms with E-state index in [2.05, 4.69) is 5.32 Å². The van der Waals surface area contributed by atoms with Crippen molar-refractivity contribution >= 4 is 17.5 Å². The summed E-state index contributed by atoms with van der Waals surface area (Å²) >= 11 is 0. The minimum absolute atomic E-state index is 0.302. The Morgan fingerprint density at radius 2 is 2.11 bits per heavy atom. The first-order chi connectivity index (χ1) is 8.81. The number of aliphatic hydroxyl groups excluding tert-OH is 1. The van der Waals surface area contributed by atoms with Gasteiger partial charge in [0.25, 0.3) is 11.6 Å². The van der Waals surface area contributed by atoms with E-state index in [1.807, 2.05) is 0 Å². The van der Waals surface area contributed by atoms with Crippen LogP contribution in [0.15, 0.2) is 18.2 Å². The van der Waals surface area contributed by atoms with Crippen molar-refractivity contribution < 1.29 is 24.0 Å². The number of rotatable bonds is 5. The van der Waals surface area contributed by atoms with Crippen LogP contribution in [0.1, 0.15) is 10.4 Å². The van der Waals surface area contributed by atoms with Crippen molar-refractivity contribution in [2.24, 2.45) is 5.73 Å². The number of nitrogens with zero attached hydrogens (tertiary/aromatic N) is 1. The lowest BCUT2D eigenvalue weighted by atomic mass is 10.2. The summed E-state index contributed by atoms with van der Waals surface area (Å²) in [5.74, 6) is -2.86. The van der Waals surface area contributed by atoms with Gasteiger partial charge in [-0.1, -0.05) is 0 Å². The number of carbonyl (C=O) groups is 2. The number of amides is 2. The van der Waals surface area contributed by atoms with Crippen LogP contribution in [-0.2, 0) is 4.79 Å². The van der Waals surface area contributed by atoms with Crippen LogP contribution in [0.3, 0.4) is 0 Å². The largest absolute Gasteiger partial charge is 0.381 e. The Balaban J connectivity index is 2.82. The third-order valence-electron chi connectivity index (χ3n) is 2.14. The zero-order chi connectivity index (χ0) is 14.6. The molecule has 19 heavy (non-hydrogen) atoms. The molecule has 1 unspecified atom stereocenters. The van der Waals surface area contributed by atoms with Crippen LogP contribution in [0.2, 0.25) is 0 Å². The van der Waals surface area contributed by atoms with Crippen LogP contribution in [-0.4, -0.2) is 34.5 Å². The lowest BCUT2D eigenvalue weighted by Gasteiger charge is -2.08. The van der Waals surface area contributed by atoms with Gasteiger partial charge in [0.05, 0.1) is 17.5 Å². The van der Waals surface area contributed by atoms with E-state index in [0.717, 1.165) is 12.1 Å². The van der Waals surface area contributed by atoms with Gasteiger partial charge in [-0.2, -0.15) is 0 Å². The minimum Gasteiger partial charge on any atom is -0.381 e. The Bertz CT molecular complexity index is 534. The molecule has 4 N–H and O–H groups in total. The van der Waals surface area contributed by atoms with Crippen LogP contribution in [0.4, 0.5) is 10.1 Å². The fraction of sp³-hybridized carbons (Fsp3) is 0.200. The molecule has 0 heterocycles. The first-order valence-corrected chi connectivity index (χ1v) is 5.02. The molecule has 0 aromatic heterocycles. The normalized spacial score (nSPS) is 11.7. The maximum absolute atomic E-state index is 13.1. The van der Waals surface area contributed by atoms with Crippen molar-refractivity contribution in [1.82, 2.24) is 5.32 Å². The highest BCUT2D eigenvalue weighted by Gasteiger charge is 2.17. The van der Waals surface area contributed by atoms with Gasteiger partial charge in [0.15, 0.2) is 0 Å². The maximum atomic E-state index is 13.1. The zero-order valence-corrected chi connectivity index (χ0v) is 9.50. The average molecular weight is 271 g/mol. The Morgan fingerprint density at radius 1 is 1.47 bits per heavy atom. The van der Waals surface area contributed by atoms with Gasteiger partial charge in [-0.25, -0.2) is 4.39 Å². The number of non-ortho nitro benzene ring substituents is 1. The van der Waals surface area contributed by atoms with Crippen LogP contribution in [0.25, 0.3) is 0 Å². The summed E-state index contributed by atoms with van der Waals surface area (Å²) in [6, 6.07) is 2.32. The minimum atomic E-state index is -1.59. The number of aliphatic hydroxyl groups is 1. The lowest BCUT2D eigenvalue weighted by molar-refractivity contribution is -0.385. The molecule has 9 heteroatoms. The number of halogens is 1. The van der Waals surface area contributed by atoms with E-state index in [4.69, 9.17) is 10.8 Å². The number of nitro groups is 1. The smallest absolute Gasteiger partial charge is 0.273 e. The maximum Gasteiger partial charge on any atom is 0.273 e. The van der Waals surface area contributed by atoms with Crippen LogP contribution < -0.4 is 11.1 Å². The number of nitrogens with two attached hydrogens (primary N) is 1. The van der Waals surface area contributed by atoms with Crippen LogP contribution >= 0.6 is 0 Å². The van der Waals surface area contributed by atoms with Gasteiger partial charge in [0.2, 0.25) is 5.91 Å². The fourth-order valence-corrected chi connectivity index (χ4v) is 1.20. The molecule has 1 aromatic rings. The summed E-state index contributed by atoms with van der Waals surface area (Å²) < 4.78 is 13.1. The molecule has 1 atom stereocenters. The second kappa shape index (κ2) is 5.87.